The van der Waals surface area contributed by atoms with Gasteiger partial charge in [-0.15, -0.1) is 0 Å². The summed E-state index contributed by atoms with van der Waals surface area (Å²) in [7, 11) is 0. The Balaban J connectivity index is 2.56. The normalized spacial score (nSPS) is 14.9. The van der Waals surface area contributed by atoms with E-state index >= 15 is 0 Å². The third kappa shape index (κ3) is 3.89. The van der Waals surface area contributed by atoms with Gasteiger partial charge in [0.15, 0.2) is 0 Å². The lowest BCUT2D eigenvalue weighted by atomic mass is 10.00. The molecular formula is C11H17BrN2O. The largest absolute Gasteiger partial charge is 0.394 e. The molecule has 0 aliphatic heterocycles. The maximum absolute atomic E-state index is 9.23. The standard InChI is InChI=1S/C11H17BrN2O/c1-3-11(2,8-15)14-6-9-4-10(12)7-13-5-9/h4-5,7,14-15H,3,6,8H2,1-2H3. The highest BCUT2D eigenvalue weighted by Gasteiger charge is 2.19. The molecule has 1 heterocycles. The van der Waals surface area contributed by atoms with Crippen LogP contribution in [0.3, 0.4) is 0 Å². The van der Waals surface area contributed by atoms with E-state index in [0.717, 1.165) is 23.0 Å². The highest BCUT2D eigenvalue weighted by atomic mass is 79.9. The minimum absolute atomic E-state index is 0.144. The van der Waals surface area contributed by atoms with Gasteiger partial charge in [-0.2, -0.15) is 0 Å². The van der Waals surface area contributed by atoms with Gasteiger partial charge >= 0.3 is 0 Å². The Hall–Kier alpha value is -0.450. The molecule has 3 nitrogen and oxygen atoms in total. The van der Waals surface area contributed by atoms with Crippen molar-refractivity contribution in [3.8, 4) is 0 Å². The highest BCUT2D eigenvalue weighted by Crippen LogP contribution is 2.12. The van der Waals surface area contributed by atoms with Crippen molar-refractivity contribution in [2.24, 2.45) is 0 Å². The van der Waals surface area contributed by atoms with Crippen molar-refractivity contribution in [2.45, 2.75) is 32.4 Å². The maximum Gasteiger partial charge on any atom is 0.0610 e. The summed E-state index contributed by atoms with van der Waals surface area (Å²) < 4.78 is 0.976. The molecule has 2 N–H and O–H groups in total. The van der Waals surface area contributed by atoms with E-state index in [1.807, 2.05) is 19.2 Å². The van der Waals surface area contributed by atoms with Gasteiger partial charge in [0.1, 0.15) is 0 Å². The summed E-state index contributed by atoms with van der Waals surface area (Å²) >= 11 is 3.38. The van der Waals surface area contributed by atoms with Crippen molar-refractivity contribution in [1.82, 2.24) is 10.3 Å². The van der Waals surface area contributed by atoms with Crippen LogP contribution in [0.25, 0.3) is 0 Å². The van der Waals surface area contributed by atoms with Crippen LogP contribution >= 0.6 is 15.9 Å². The Labute approximate surface area is 99.1 Å². The lowest BCUT2D eigenvalue weighted by Crippen LogP contribution is -2.44. The van der Waals surface area contributed by atoms with Crippen molar-refractivity contribution in [3.63, 3.8) is 0 Å². The molecule has 4 heteroatoms. The fourth-order valence-electron chi connectivity index (χ4n) is 1.16. The number of rotatable bonds is 5. The number of nitrogens with zero attached hydrogens (tertiary/aromatic N) is 1. The van der Waals surface area contributed by atoms with E-state index in [1.165, 1.54) is 0 Å². The zero-order valence-corrected chi connectivity index (χ0v) is 10.7. The second kappa shape index (κ2) is 5.58. The monoisotopic (exact) mass is 272 g/mol. The summed E-state index contributed by atoms with van der Waals surface area (Å²) in [6.45, 7) is 4.93. The number of aromatic nitrogens is 1. The van der Waals surface area contributed by atoms with E-state index in [2.05, 4.69) is 33.2 Å². The third-order valence-electron chi connectivity index (χ3n) is 2.61. The number of hydrogen-bond acceptors (Lipinski definition) is 3. The molecule has 1 unspecified atom stereocenters. The topological polar surface area (TPSA) is 45.1 Å². The Kier molecular flexibility index (Phi) is 4.70. The van der Waals surface area contributed by atoms with Gasteiger partial charge in [-0.1, -0.05) is 6.92 Å². The van der Waals surface area contributed by atoms with Crippen molar-refractivity contribution >= 4 is 15.9 Å². The Morgan fingerprint density at radius 1 is 1.53 bits per heavy atom. The molecule has 1 atom stereocenters. The second-order valence-electron chi connectivity index (χ2n) is 3.94. The third-order valence-corrected chi connectivity index (χ3v) is 3.04. The molecule has 0 spiro atoms. The summed E-state index contributed by atoms with van der Waals surface area (Å²) in [4.78, 5) is 4.09. The number of nitrogens with one attached hydrogen (secondary N) is 1. The van der Waals surface area contributed by atoms with Crippen molar-refractivity contribution in [3.05, 3.63) is 28.5 Å². The molecule has 1 aromatic heterocycles. The fourth-order valence-corrected chi connectivity index (χ4v) is 1.57. The Morgan fingerprint density at radius 2 is 2.27 bits per heavy atom. The van der Waals surface area contributed by atoms with Crippen LogP contribution in [0.5, 0.6) is 0 Å². The summed E-state index contributed by atoms with van der Waals surface area (Å²) in [6, 6.07) is 2.02. The summed E-state index contributed by atoms with van der Waals surface area (Å²) in [5.41, 5.74) is 0.903. The first-order valence-electron chi connectivity index (χ1n) is 5.05. The van der Waals surface area contributed by atoms with Gasteiger partial charge in [-0.25, -0.2) is 0 Å². The number of hydrogen-bond donors (Lipinski definition) is 2. The molecule has 0 saturated heterocycles. The van der Waals surface area contributed by atoms with Gasteiger partial charge < -0.3 is 10.4 Å². The van der Waals surface area contributed by atoms with E-state index < -0.39 is 0 Å². The lowest BCUT2D eigenvalue weighted by molar-refractivity contribution is 0.169. The van der Waals surface area contributed by atoms with E-state index in [9.17, 15) is 5.11 Å². The van der Waals surface area contributed by atoms with E-state index in [0.29, 0.717) is 0 Å². The first-order valence-corrected chi connectivity index (χ1v) is 5.84. The number of aliphatic hydroxyl groups is 1. The molecule has 0 aliphatic rings. The zero-order valence-electron chi connectivity index (χ0n) is 9.13. The van der Waals surface area contributed by atoms with Crippen LogP contribution in [0.4, 0.5) is 0 Å². The first-order chi connectivity index (χ1) is 7.09. The second-order valence-corrected chi connectivity index (χ2v) is 4.85. The Morgan fingerprint density at radius 3 is 2.80 bits per heavy atom. The smallest absolute Gasteiger partial charge is 0.0610 e. The van der Waals surface area contributed by atoms with Crippen LogP contribution in [0.2, 0.25) is 0 Å². The van der Waals surface area contributed by atoms with Gasteiger partial charge in [-0.3, -0.25) is 4.98 Å². The predicted octanol–water partition coefficient (Wildman–Crippen LogP) is 2.09. The van der Waals surface area contributed by atoms with Gasteiger partial charge in [0, 0.05) is 29.0 Å². The van der Waals surface area contributed by atoms with Crippen LogP contribution in [-0.4, -0.2) is 22.2 Å². The van der Waals surface area contributed by atoms with Crippen LogP contribution in [-0.2, 0) is 6.54 Å². The average molecular weight is 273 g/mol. The minimum Gasteiger partial charge on any atom is -0.394 e. The molecule has 0 amide bonds. The van der Waals surface area contributed by atoms with E-state index in [4.69, 9.17) is 0 Å². The molecule has 1 aromatic rings. The van der Waals surface area contributed by atoms with Crippen LogP contribution < -0.4 is 5.32 Å². The Bertz CT molecular complexity index is 313. The van der Waals surface area contributed by atoms with Crippen LogP contribution in [0.15, 0.2) is 22.9 Å². The van der Waals surface area contributed by atoms with Gasteiger partial charge in [0.2, 0.25) is 0 Å². The fraction of sp³-hybridized carbons (Fsp3) is 0.545. The molecule has 0 fully saturated rings. The maximum atomic E-state index is 9.23. The molecule has 0 saturated carbocycles. The molecule has 1 rings (SSSR count). The van der Waals surface area contributed by atoms with Crippen LogP contribution in [0, 0.1) is 0 Å². The number of halogens is 1. The zero-order chi connectivity index (χ0) is 11.3. The van der Waals surface area contributed by atoms with E-state index in [-0.39, 0.29) is 12.1 Å². The molecule has 15 heavy (non-hydrogen) atoms. The molecule has 0 radical (unpaired) electrons. The molecular weight excluding hydrogens is 256 g/mol. The van der Waals surface area contributed by atoms with Gasteiger partial charge in [0.05, 0.1) is 6.61 Å². The van der Waals surface area contributed by atoms with E-state index in [1.54, 1.807) is 6.20 Å². The van der Waals surface area contributed by atoms with Gasteiger partial charge in [0.25, 0.3) is 0 Å². The van der Waals surface area contributed by atoms with Gasteiger partial charge in [-0.05, 0) is 40.9 Å². The lowest BCUT2D eigenvalue weighted by Gasteiger charge is -2.27. The minimum atomic E-state index is -0.206. The summed E-state index contributed by atoms with van der Waals surface area (Å²) in [5.74, 6) is 0. The summed E-state index contributed by atoms with van der Waals surface area (Å²) in [5, 5.41) is 12.6. The van der Waals surface area contributed by atoms with Crippen molar-refractivity contribution < 1.29 is 5.11 Å². The number of pyridine rings is 1. The summed E-state index contributed by atoms with van der Waals surface area (Å²) in [6.07, 6.45) is 4.48. The first kappa shape index (κ1) is 12.6. The predicted molar refractivity (Wildman–Crippen MR) is 64.6 cm³/mol. The highest BCUT2D eigenvalue weighted by molar-refractivity contribution is 9.10. The molecule has 0 bridgehead atoms. The SMILES string of the molecule is CCC(C)(CO)NCc1cncc(Br)c1. The molecule has 0 aromatic carbocycles. The van der Waals surface area contributed by atoms with Crippen molar-refractivity contribution in [2.75, 3.05) is 6.61 Å². The van der Waals surface area contributed by atoms with Crippen LogP contribution in [0.1, 0.15) is 25.8 Å². The van der Waals surface area contributed by atoms with Crippen molar-refractivity contribution in [1.29, 1.82) is 0 Å². The molecule has 84 valence electrons. The quantitative estimate of drug-likeness (QED) is 0.863. The molecule has 0 aliphatic carbocycles. The average Bonchev–Trinajstić information content (AvgIpc) is 2.26. The number of aliphatic hydroxyl groups excluding tert-OH is 1.